The van der Waals surface area contributed by atoms with E-state index in [-0.39, 0.29) is 19.3 Å². The fourth-order valence-corrected chi connectivity index (χ4v) is 3.30. The van der Waals surface area contributed by atoms with Gasteiger partial charge in [-0.2, -0.15) is 0 Å². The molecule has 0 aliphatic carbocycles. The van der Waals surface area contributed by atoms with E-state index < -0.39 is 54.3 Å². The summed E-state index contributed by atoms with van der Waals surface area (Å²) in [6, 6.07) is 0. The summed E-state index contributed by atoms with van der Waals surface area (Å²) in [6.07, 6.45) is -2.86. The Hall–Kier alpha value is -1.67. The van der Waals surface area contributed by atoms with Crippen molar-refractivity contribution in [3.63, 3.8) is 0 Å². The third-order valence-electron chi connectivity index (χ3n) is 4.55. The molecule has 8 nitrogen and oxygen atoms in total. The highest BCUT2D eigenvalue weighted by Gasteiger charge is 2.52. The van der Waals surface area contributed by atoms with Crippen LogP contribution in [0.4, 0.5) is 0 Å². The maximum absolute atomic E-state index is 12.1. The Morgan fingerprint density at radius 2 is 1.50 bits per heavy atom. The van der Waals surface area contributed by atoms with Crippen LogP contribution in [0, 0.1) is 11.8 Å². The maximum Gasteiger partial charge on any atom is 0.307 e. The summed E-state index contributed by atoms with van der Waals surface area (Å²) in [7, 11) is 0. The number of aliphatic carboxylic acids is 1. The van der Waals surface area contributed by atoms with Gasteiger partial charge in [-0.3, -0.25) is 14.4 Å². The number of aliphatic hydroxyl groups excluding tert-OH is 1. The van der Waals surface area contributed by atoms with Crippen LogP contribution in [0.2, 0.25) is 0 Å². The summed E-state index contributed by atoms with van der Waals surface area (Å²) in [4.78, 5) is 35.7. The van der Waals surface area contributed by atoms with E-state index in [0.29, 0.717) is 12.8 Å². The van der Waals surface area contributed by atoms with Gasteiger partial charge < -0.3 is 24.4 Å². The van der Waals surface area contributed by atoms with Crippen molar-refractivity contribution in [1.82, 2.24) is 0 Å². The first-order chi connectivity index (χ1) is 12.3. The number of carbonyl (C=O) groups is 3. The molecule has 0 saturated carbocycles. The molecule has 0 aromatic rings. The number of ether oxygens (including phenoxy) is 3. The molecular weight excluding hydrogens is 344 g/mol. The van der Waals surface area contributed by atoms with Gasteiger partial charge in [0, 0.05) is 18.8 Å². The summed E-state index contributed by atoms with van der Waals surface area (Å²) in [6.45, 7) is 6.94. The van der Waals surface area contributed by atoms with E-state index in [4.69, 9.17) is 14.2 Å². The van der Waals surface area contributed by atoms with E-state index in [1.807, 2.05) is 6.92 Å². The molecule has 0 radical (unpaired) electrons. The van der Waals surface area contributed by atoms with Crippen LogP contribution < -0.4 is 0 Å². The zero-order valence-electron chi connectivity index (χ0n) is 15.8. The predicted molar refractivity (Wildman–Crippen MR) is 91.0 cm³/mol. The van der Waals surface area contributed by atoms with Crippen LogP contribution in [-0.4, -0.2) is 52.7 Å². The average Bonchev–Trinajstić information content (AvgIpc) is 2.54. The minimum absolute atomic E-state index is 0.134. The molecule has 1 aliphatic rings. The van der Waals surface area contributed by atoms with Gasteiger partial charge in [0.2, 0.25) is 0 Å². The molecule has 2 N–H and O–H groups in total. The first kappa shape index (κ1) is 22.4. The van der Waals surface area contributed by atoms with E-state index in [1.54, 1.807) is 20.8 Å². The van der Waals surface area contributed by atoms with Crippen molar-refractivity contribution < 1.29 is 38.8 Å². The Morgan fingerprint density at radius 3 is 1.92 bits per heavy atom. The predicted octanol–water partition coefficient (Wildman–Crippen LogP) is 1.87. The molecule has 1 saturated heterocycles. The highest BCUT2D eigenvalue weighted by Crippen LogP contribution is 2.36. The zero-order chi connectivity index (χ0) is 19.9. The lowest BCUT2D eigenvalue weighted by Gasteiger charge is -2.44. The smallest absolute Gasteiger partial charge is 0.307 e. The van der Waals surface area contributed by atoms with Gasteiger partial charge in [-0.1, -0.05) is 20.8 Å². The van der Waals surface area contributed by atoms with E-state index in [2.05, 4.69) is 0 Å². The Kier molecular flexibility index (Phi) is 9.01. The molecule has 1 rings (SSSR count). The topological polar surface area (TPSA) is 119 Å². The summed E-state index contributed by atoms with van der Waals surface area (Å²) >= 11 is 0. The molecule has 0 amide bonds. The number of hydrogen-bond donors (Lipinski definition) is 2. The van der Waals surface area contributed by atoms with Gasteiger partial charge in [0.1, 0.15) is 6.10 Å². The van der Waals surface area contributed by atoms with Crippen LogP contribution in [0.25, 0.3) is 0 Å². The number of carbonyl (C=O) groups excluding carboxylic acids is 2. The second kappa shape index (κ2) is 10.5. The van der Waals surface area contributed by atoms with Gasteiger partial charge in [-0.05, 0) is 26.2 Å². The Balaban J connectivity index is 3.19. The van der Waals surface area contributed by atoms with Gasteiger partial charge in [0.25, 0.3) is 0 Å². The molecule has 0 bridgehead atoms. The van der Waals surface area contributed by atoms with Crippen molar-refractivity contribution in [1.29, 1.82) is 0 Å². The summed E-state index contributed by atoms with van der Waals surface area (Å²) in [5.74, 6) is -3.76. The number of carboxylic acids is 1. The quantitative estimate of drug-likeness (QED) is 0.587. The molecule has 0 aromatic heterocycles. The number of hydrogen-bond acceptors (Lipinski definition) is 7. The summed E-state index contributed by atoms with van der Waals surface area (Å²) in [5.41, 5.74) is 0. The number of esters is 2. The molecule has 2 unspecified atom stereocenters. The second-order valence-corrected chi connectivity index (χ2v) is 6.57. The van der Waals surface area contributed by atoms with Crippen LogP contribution >= 0.6 is 0 Å². The van der Waals surface area contributed by atoms with Crippen LogP contribution in [0.1, 0.15) is 59.8 Å². The first-order valence-electron chi connectivity index (χ1n) is 9.21. The van der Waals surface area contributed by atoms with Crippen molar-refractivity contribution in [3.8, 4) is 0 Å². The van der Waals surface area contributed by atoms with Crippen molar-refractivity contribution >= 4 is 17.9 Å². The van der Waals surface area contributed by atoms with E-state index in [9.17, 15) is 24.6 Å². The third-order valence-corrected chi connectivity index (χ3v) is 4.55. The lowest BCUT2D eigenvalue weighted by molar-refractivity contribution is -0.281. The number of carboxylic acid groups (broad SMARTS) is 1. The van der Waals surface area contributed by atoms with Gasteiger partial charge in [-0.15, -0.1) is 0 Å². The largest absolute Gasteiger partial charge is 0.481 e. The van der Waals surface area contributed by atoms with E-state index in [1.165, 1.54) is 0 Å². The third kappa shape index (κ3) is 5.67. The molecule has 1 aliphatic heterocycles. The minimum atomic E-state index is -1.49. The Morgan fingerprint density at radius 1 is 1.00 bits per heavy atom. The standard InChI is InChI=1S/C18H30O8/c1-5-8-12(19)25-15-14(11(7-3)17(21)22)10(4)24-18(23)16(15)26-13(20)9-6-2/h10-11,14-16,18,23H,5-9H2,1-4H3,(H,21,22)/t10-,11?,14-,15+,16-,18?/m0/s1. The normalized spacial score (nSPS) is 29.7. The molecule has 0 spiro atoms. The summed E-state index contributed by atoms with van der Waals surface area (Å²) in [5, 5.41) is 19.8. The second-order valence-electron chi connectivity index (χ2n) is 6.57. The Labute approximate surface area is 153 Å². The molecule has 1 fully saturated rings. The molecule has 6 atom stereocenters. The van der Waals surface area contributed by atoms with Crippen LogP contribution in [0.5, 0.6) is 0 Å². The number of rotatable bonds is 9. The SMILES string of the molecule is CCCC(=O)O[C@@H]1[C@H](C(CC)C(=O)O)[C@H](C)OC(O)[C@H]1OC(=O)CCC. The van der Waals surface area contributed by atoms with Crippen molar-refractivity contribution in [3.05, 3.63) is 0 Å². The van der Waals surface area contributed by atoms with Gasteiger partial charge >= 0.3 is 17.9 Å². The first-order valence-corrected chi connectivity index (χ1v) is 9.21. The van der Waals surface area contributed by atoms with Crippen LogP contribution in [0.15, 0.2) is 0 Å². The van der Waals surface area contributed by atoms with Gasteiger partial charge in [-0.25, -0.2) is 0 Å². The minimum Gasteiger partial charge on any atom is -0.481 e. The van der Waals surface area contributed by atoms with Crippen LogP contribution in [-0.2, 0) is 28.6 Å². The molecule has 26 heavy (non-hydrogen) atoms. The van der Waals surface area contributed by atoms with E-state index >= 15 is 0 Å². The molecule has 150 valence electrons. The van der Waals surface area contributed by atoms with Crippen LogP contribution in [0.3, 0.4) is 0 Å². The molecule has 0 aromatic carbocycles. The fourth-order valence-electron chi connectivity index (χ4n) is 3.30. The average molecular weight is 374 g/mol. The highest BCUT2D eigenvalue weighted by molar-refractivity contribution is 5.72. The van der Waals surface area contributed by atoms with Crippen molar-refractivity contribution in [2.24, 2.45) is 11.8 Å². The lowest BCUT2D eigenvalue weighted by atomic mass is 9.78. The van der Waals surface area contributed by atoms with Gasteiger partial charge in [0.15, 0.2) is 12.4 Å². The molecular formula is C18H30O8. The molecule has 1 heterocycles. The van der Waals surface area contributed by atoms with E-state index in [0.717, 1.165) is 0 Å². The fraction of sp³-hybridized carbons (Fsp3) is 0.833. The zero-order valence-corrected chi connectivity index (χ0v) is 15.8. The molecule has 8 heteroatoms. The monoisotopic (exact) mass is 374 g/mol. The Bertz CT molecular complexity index is 492. The van der Waals surface area contributed by atoms with Crippen molar-refractivity contribution in [2.75, 3.05) is 0 Å². The lowest BCUT2D eigenvalue weighted by Crippen LogP contribution is -2.59. The maximum atomic E-state index is 12.1. The van der Waals surface area contributed by atoms with Crippen molar-refractivity contribution in [2.45, 2.75) is 84.4 Å². The highest BCUT2D eigenvalue weighted by atomic mass is 16.7. The van der Waals surface area contributed by atoms with Gasteiger partial charge in [0.05, 0.1) is 12.0 Å². The summed E-state index contributed by atoms with van der Waals surface area (Å²) < 4.78 is 16.2. The number of aliphatic hydroxyl groups is 1.